The fourth-order valence-corrected chi connectivity index (χ4v) is 4.14. The van der Waals surface area contributed by atoms with Crippen LogP contribution >= 0.6 is 0 Å². The number of likely N-dealkylation sites (tertiary alicyclic amines) is 1. The zero-order valence-corrected chi connectivity index (χ0v) is 18.8. The summed E-state index contributed by atoms with van der Waals surface area (Å²) in [7, 11) is 0. The lowest BCUT2D eigenvalue weighted by Gasteiger charge is -2.12. The monoisotopic (exact) mass is 464 g/mol. The lowest BCUT2D eigenvalue weighted by Crippen LogP contribution is -2.26. The molecule has 0 radical (unpaired) electrons. The minimum atomic E-state index is -0.174. The molecule has 5 rings (SSSR count). The van der Waals surface area contributed by atoms with Gasteiger partial charge < -0.3 is 15.4 Å². The third kappa shape index (κ3) is 4.21. The van der Waals surface area contributed by atoms with Crippen LogP contribution < -0.4 is 10.5 Å². The third-order valence-corrected chi connectivity index (χ3v) is 5.76. The normalized spacial score (nSPS) is 14.9. The van der Waals surface area contributed by atoms with Gasteiger partial charge in [-0.2, -0.15) is 5.26 Å². The Hall–Kier alpha value is -4.96. The Morgan fingerprint density at radius 3 is 2.83 bits per heavy atom. The van der Waals surface area contributed by atoms with E-state index in [4.69, 9.17) is 20.7 Å². The first-order valence-electron chi connectivity index (χ1n) is 10.9. The SMILES string of the molecule is CC#CC(=O)N1CCC(c2nc(-c3ccc(Oc4cc(C#N)ccn4)cn3)n3c(N)nccc23)C1. The van der Waals surface area contributed by atoms with Crippen LogP contribution in [0, 0.1) is 23.2 Å². The summed E-state index contributed by atoms with van der Waals surface area (Å²) < 4.78 is 7.50. The molecule has 10 heteroatoms. The minimum Gasteiger partial charge on any atom is -0.437 e. The summed E-state index contributed by atoms with van der Waals surface area (Å²) in [5.41, 5.74) is 8.93. The van der Waals surface area contributed by atoms with Gasteiger partial charge in [0.15, 0.2) is 5.82 Å². The highest BCUT2D eigenvalue weighted by atomic mass is 16.5. The molecule has 4 aromatic heterocycles. The summed E-state index contributed by atoms with van der Waals surface area (Å²) in [6.07, 6.45) is 5.49. The number of fused-ring (bicyclic) bond motifs is 1. The topological polar surface area (TPSA) is 135 Å². The van der Waals surface area contributed by atoms with Gasteiger partial charge in [0.05, 0.1) is 29.0 Å². The molecule has 0 bridgehead atoms. The minimum absolute atomic E-state index is 0.0456. The number of aromatic nitrogens is 5. The van der Waals surface area contributed by atoms with Gasteiger partial charge in [0.25, 0.3) is 5.91 Å². The van der Waals surface area contributed by atoms with Crippen molar-refractivity contribution in [2.45, 2.75) is 19.3 Å². The van der Waals surface area contributed by atoms with Crippen LogP contribution in [0.25, 0.3) is 17.0 Å². The number of nitrogens with zero attached hydrogens (tertiary/aromatic N) is 7. The molecule has 0 aliphatic carbocycles. The second-order valence-corrected chi connectivity index (χ2v) is 7.93. The molecule has 1 amide bonds. The lowest BCUT2D eigenvalue weighted by atomic mass is 10.0. The van der Waals surface area contributed by atoms with Gasteiger partial charge in [-0.25, -0.2) is 19.9 Å². The van der Waals surface area contributed by atoms with E-state index in [1.807, 2.05) is 6.07 Å². The number of pyridine rings is 2. The molecule has 35 heavy (non-hydrogen) atoms. The highest BCUT2D eigenvalue weighted by Crippen LogP contribution is 2.33. The van der Waals surface area contributed by atoms with E-state index in [1.54, 1.807) is 52.9 Å². The molecule has 1 atom stereocenters. The summed E-state index contributed by atoms with van der Waals surface area (Å²) in [5, 5.41) is 9.05. The first-order chi connectivity index (χ1) is 17.1. The van der Waals surface area contributed by atoms with E-state index in [0.29, 0.717) is 47.7 Å². The summed E-state index contributed by atoms with van der Waals surface area (Å²) in [6, 6.07) is 10.6. The Morgan fingerprint density at radius 2 is 2.06 bits per heavy atom. The molecular formula is C25H20N8O2. The summed E-state index contributed by atoms with van der Waals surface area (Å²) >= 11 is 0. The van der Waals surface area contributed by atoms with Gasteiger partial charge in [0.2, 0.25) is 11.8 Å². The fraction of sp³-hybridized carbons (Fsp3) is 0.200. The molecule has 0 spiro atoms. The van der Waals surface area contributed by atoms with Crippen LogP contribution in [0.5, 0.6) is 11.6 Å². The molecule has 1 aliphatic rings. The van der Waals surface area contributed by atoms with Crippen molar-refractivity contribution in [2.24, 2.45) is 0 Å². The van der Waals surface area contributed by atoms with Crippen molar-refractivity contribution in [1.29, 1.82) is 5.26 Å². The van der Waals surface area contributed by atoms with E-state index < -0.39 is 0 Å². The van der Waals surface area contributed by atoms with Crippen molar-refractivity contribution < 1.29 is 9.53 Å². The lowest BCUT2D eigenvalue weighted by molar-refractivity contribution is -0.124. The van der Waals surface area contributed by atoms with Crippen molar-refractivity contribution in [3.63, 3.8) is 0 Å². The number of carbonyl (C=O) groups is 1. The second-order valence-electron chi connectivity index (χ2n) is 7.93. The van der Waals surface area contributed by atoms with E-state index in [1.165, 1.54) is 6.20 Å². The third-order valence-electron chi connectivity index (χ3n) is 5.76. The number of nitrogens with two attached hydrogens (primary N) is 1. The number of ether oxygens (including phenoxy) is 1. The van der Waals surface area contributed by atoms with E-state index >= 15 is 0 Å². The number of amides is 1. The van der Waals surface area contributed by atoms with Crippen LogP contribution in [-0.2, 0) is 4.79 Å². The predicted molar refractivity (Wildman–Crippen MR) is 127 cm³/mol. The van der Waals surface area contributed by atoms with Crippen LogP contribution in [0.3, 0.4) is 0 Å². The summed E-state index contributed by atoms with van der Waals surface area (Å²) in [5.74, 6) is 6.75. The molecule has 1 unspecified atom stereocenters. The number of nitriles is 1. The average molecular weight is 464 g/mol. The van der Waals surface area contributed by atoms with Gasteiger partial charge in [-0.1, -0.05) is 5.92 Å². The molecule has 4 aromatic rings. The quantitative estimate of drug-likeness (QED) is 0.456. The van der Waals surface area contributed by atoms with Crippen LogP contribution in [0.4, 0.5) is 5.95 Å². The van der Waals surface area contributed by atoms with E-state index in [0.717, 1.165) is 17.6 Å². The first kappa shape index (κ1) is 21.9. The Bertz CT molecular complexity index is 1530. The Balaban J connectivity index is 1.46. The number of rotatable bonds is 4. The highest BCUT2D eigenvalue weighted by molar-refractivity contribution is 5.93. The Morgan fingerprint density at radius 1 is 1.20 bits per heavy atom. The number of anilines is 1. The van der Waals surface area contributed by atoms with Gasteiger partial charge in [0.1, 0.15) is 11.4 Å². The zero-order chi connectivity index (χ0) is 24.4. The molecule has 0 saturated carbocycles. The standard InChI is InChI=1S/C25H20N8O2/c1-2-3-22(34)32-11-8-17(15-32)23-20-7-10-29-25(27)33(20)24(31-23)19-5-4-18(14-30-19)35-21-12-16(13-26)6-9-28-21/h4-7,9-10,12,14,17H,8,11,15H2,1H3,(H2,27,29). The summed E-state index contributed by atoms with van der Waals surface area (Å²) in [4.78, 5) is 31.7. The van der Waals surface area contributed by atoms with Gasteiger partial charge in [-0.05, 0) is 43.5 Å². The highest BCUT2D eigenvalue weighted by Gasteiger charge is 2.31. The fourth-order valence-electron chi connectivity index (χ4n) is 4.14. The van der Waals surface area contributed by atoms with Gasteiger partial charge in [-0.15, -0.1) is 0 Å². The first-order valence-corrected chi connectivity index (χ1v) is 10.9. The molecule has 172 valence electrons. The van der Waals surface area contributed by atoms with Gasteiger partial charge >= 0.3 is 0 Å². The van der Waals surface area contributed by atoms with Crippen molar-refractivity contribution in [2.75, 3.05) is 18.8 Å². The number of nitrogen functional groups attached to an aromatic ring is 1. The Kier molecular flexibility index (Phi) is 5.70. The molecule has 0 aromatic carbocycles. The van der Waals surface area contributed by atoms with Crippen LogP contribution in [0.2, 0.25) is 0 Å². The van der Waals surface area contributed by atoms with Gasteiger partial charge in [-0.3, -0.25) is 9.20 Å². The smallest absolute Gasteiger partial charge is 0.298 e. The number of hydrogen-bond acceptors (Lipinski definition) is 8. The zero-order valence-electron chi connectivity index (χ0n) is 18.8. The number of imidazole rings is 1. The molecule has 1 fully saturated rings. The largest absolute Gasteiger partial charge is 0.437 e. The summed E-state index contributed by atoms with van der Waals surface area (Å²) in [6.45, 7) is 2.81. The maximum Gasteiger partial charge on any atom is 0.298 e. The van der Waals surface area contributed by atoms with E-state index in [-0.39, 0.29) is 11.8 Å². The van der Waals surface area contributed by atoms with Crippen molar-refractivity contribution in [1.82, 2.24) is 29.2 Å². The second kappa shape index (κ2) is 9.12. The molecule has 10 nitrogen and oxygen atoms in total. The molecule has 2 N–H and O–H groups in total. The van der Waals surface area contributed by atoms with Crippen LogP contribution in [0.15, 0.2) is 48.9 Å². The van der Waals surface area contributed by atoms with Crippen molar-refractivity contribution in [3.05, 3.63) is 60.2 Å². The number of hydrogen-bond donors (Lipinski definition) is 1. The molecule has 5 heterocycles. The Labute approximate surface area is 201 Å². The molecule has 1 aliphatic heterocycles. The average Bonchev–Trinajstić information content (AvgIpc) is 3.51. The molecule has 1 saturated heterocycles. The van der Waals surface area contributed by atoms with Crippen molar-refractivity contribution >= 4 is 17.4 Å². The van der Waals surface area contributed by atoms with Gasteiger partial charge in [0, 0.05) is 37.5 Å². The predicted octanol–water partition coefficient (Wildman–Crippen LogP) is 2.77. The van der Waals surface area contributed by atoms with Crippen LogP contribution in [-0.4, -0.2) is 48.2 Å². The maximum absolute atomic E-state index is 12.2. The van der Waals surface area contributed by atoms with Crippen LogP contribution in [0.1, 0.15) is 30.5 Å². The maximum atomic E-state index is 12.2. The molecular weight excluding hydrogens is 444 g/mol. The van der Waals surface area contributed by atoms with E-state index in [9.17, 15) is 4.79 Å². The van der Waals surface area contributed by atoms with Crippen molar-refractivity contribution in [3.8, 4) is 41.1 Å². The van der Waals surface area contributed by atoms with E-state index in [2.05, 4.69) is 32.9 Å². The number of carbonyl (C=O) groups excluding carboxylic acids is 1.